The van der Waals surface area contributed by atoms with Gasteiger partial charge in [0, 0.05) is 18.7 Å². The van der Waals surface area contributed by atoms with Gasteiger partial charge in [-0.15, -0.1) is 0 Å². The topological polar surface area (TPSA) is 66.8 Å². The minimum absolute atomic E-state index is 0.269. The molecule has 0 aliphatic carbocycles. The van der Waals surface area contributed by atoms with Crippen molar-refractivity contribution in [3.63, 3.8) is 0 Å². The van der Waals surface area contributed by atoms with E-state index in [1.54, 1.807) is 0 Å². The molecule has 0 spiro atoms. The van der Waals surface area contributed by atoms with Gasteiger partial charge in [-0.1, -0.05) is 36.4 Å². The second-order valence-corrected chi connectivity index (χ2v) is 7.84. The summed E-state index contributed by atoms with van der Waals surface area (Å²) in [4.78, 5) is 25.1. The fraction of sp³-hybridized carbons (Fsp3) is 0.524. The average Bonchev–Trinajstić information content (AvgIpc) is 2.58. The molecule has 1 N–H and O–H groups in total. The molecule has 0 atom stereocenters. The Labute approximate surface area is 155 Å². The van der Waals surface area contributed by atoms with E-state index in [2.05, 4.69) is 0 Å². The summed E-state index contributed by atoms with van der Waals surface area (Å²) in [7, 11) is 0. The van der Waals surface area contributed by atoms with Gasteiger partial charge in [0.2, 0.25) is 0 Å². The first-order valence-electron chi connectivity index (χ1n) is 9.19. The van der Waals surface area contributed by atoms with Gasteiger partial charge < -0.3 is 14.7 Å². The van der Waals surface area contributed by atoms with Crippen LogP contribution >= 0.6 is 0 Å². The molecule has 0 radical (unpaired) electrons. The summed E-state index contributed by atoms with van der Waals surface area (Å²) in [6.07, 6.45) is 3.97. The Balaban J connectivity index is 2.05. The molecular formula is C21H29NO4. The van der Waals surface area contributed by atoms with Crippen molar-refractivity contribution in [2.24, 2.45) is 5.92 Å². The van der Waals surface area contributed by atoms with E-state index in [1.807, 2.05) is 57.2 Å². The maximum Gasteiger partial charge on any atom is 0.407 e. The quantitative estimate of drug-likeness (QED) is 0.629. The fourth-order valence-electron chi connectivity index (χ4n) is 3.09. The summed E-state index contributed by atoms with van der Waals surface area (Å²) in [5.74, 6) is 0.0363. The van der Waals surface area contributed by atoms with Crippen molar-refractivity contribution in [1.82, 2.24) is 4.90 Å². The molecule has 5 heteroatoms. The summed E-state index contributed by atoms with van der Waals surface area (Å²) in [6, 6.07) is 10.0. The minimum atomic E-state index is -0.865. The van der Waals surface area contributed by atoms with E-state index < -0.39 is 11.7 Å². The first kappa shape index (κ1) is 20.0. The summed E-state index contributed by atoms with van der Waals surface area (Å²) in [5, 5.41) is 9.07. The van der Waals surface area contributed by atoms with Crippen LogP contribution in [0.1, 0.15) is 45.6 Å². The molecule has 142 valence electrons. The van der Waals surface area contributed by atoms with Crippen molar-refractivity contribution >= 4 is 12.1 Å². The number of nitrogens with zero attached hydrogens (tertiary/aromatic N) is 1. The number of ether oxygens (including phenoxy) is 1. The Morgan fingerprint density at radius 1 is 1.19 bits per heavy atom. The minimum Gasteiger partial charge on any atom is -0.465 e. The third-order valence-corrected chi connectivity index (χ3v) is 4.48. The highest BCUT2D eigenvalue weighted by molar-refractivity contribution is 5.88. The number of likely N-dealkylation sites (tertiary alicyclic amines) is 1. The second-order valence-electron chi connectivity index (χ2n) is 7.84. The van der Waals surface area contributed by atoms with Crippen LogP contribution in [0.3, 0.4) is 0 Å². The van der Waals surface area contributed by atoms with Gasteiger partial charge in [-0.3, -0.25) is 0 Å². The Kier molecular flexibility index (Phi) is 6.83. The number of carboxylic acid groups (broad SMARTS) is 1. The van der Waals surface area contributed by atoms with E-state index in [1.165, 1.54) is 4.90 Å². The van der Waals surface area contributed by atoms with Gasteiger partial charge in [-0.25, -0.2) is 9.59 Å². The molecule has 5 nitrogen and oxygen atoms in total. The first-order valence-corrected chi connectivity index (χ1v) is 9.19. The molecule has 0 aromatic heterocycles. The molecule has 0 saturated carbocycles. The van der Waals surface area contributed by atoms with Crippen LogP contribution in [0.5, 0.6) is 0 Å². The van der Waals surface area contributed by atoms with E-state index in [0.29, 0.717) is 37.4 Å². The van der Waals surface area contributed by atoms with Crippen LogP contribution in [0.4, 0.5) is 4.79 Å². The van der Waals surface area contributed by atoms with E-state index >= 15 is 0 Å². The molecule has 1 amide bonds. The monoisotopic (exact) mass is 359 g/mol. The molecule has 0 unspecified atom stereocenters. The van der Waals surface area contributed by atoms with Crippen molar-refractivity contribution < 1.29 is 19.4 Å². The number of allylic oxidation sites excluding steroid dienone is 1. The summed E-state index contributed by atoms with van der Waals surface area (Å²) in [6.45, 7) is 6.65. The number of carbonyl (C=O) groups is 2. The molecule has 0 bridgehead atoms. The molecule has 1 aromatic carbocycles. The fourth-order valence-corrected chi connectivity index (χ4v) is 3.09. The number of piperidine rings is 1. The van der Waals surface area contributed by atoms with Crippen LogP contribution in [0, 0.1) is 5.92 Å². The molecule has 2 rings (SSSR count). The maximum atomic E-state index is 12.6. The molecule has 1 fully saturated rings. The molecular weight excluding hydrogens is 330 g/mol. The van der Waals surface area contributed by atoms with Crippen LogP contribution in [0.2, 0.25) is 0 Å². The van der Waals surface area contributed by atoms with Gasteiger partial charge in [0.25, 0.3) is 0 Å². The van der Waals surface area contributed by atoms with E-state index in [-0.39, 0.29) is 5.97 Å². The molecule has 1 aliphatic heterocycles. The van der Waals surface area contributed by atoms with Crippen LogP contribution in [-0.2, 0) is 16.0 Å². The molecule has 1 aliphatic rings. The van der Waals surface area contributed by atoms with Crippen molar-refractivity contribution in [1.29, 1.82) is 0 Å². The lowest BCUT2D eigenvalue weighted by atomic mass is 9.89. The highest BCUT2D eigenvalue weighted by atomic mass is 16.6. The predicted octanol–water partition coefficient (Wildman–Crippen LogP) is 4.28. The van der Waals surface area contributed by atoms with Gasteiger partial charge in [0.15, 0.2) is 0 Å². The van der Waals surface area contributed by atoms with Gasteiger partial charge in [0.1, 0.15) is 5.60 Å². The Morgan fingerprint density at radius 3 is 2.35 bits per heavy atom. The number of benzene rings is 1. The smallest absolute Gasteiger partial charge is 0.407 e. The predicted molar refractivity (Wildman–Crippen MR) is 101 cm³/mol. The van der Waals surface area contributed by atoms with Gasteiger partial charge in [-0.05, 0) is 57.9 Å². The average molecular weight is 359 g/mol. The van der Waals surface area contributed by atoms with Crippen molar-refractivity contribution in [2.45, 2.75) is 52.1 Å². The highest BCUT2D eigenvalue weighted by Crippen LogP contribution is 2.26. The standard InChI is InChI=1S/C21H29NO4/c1-21(2,3)26-19(23)18(10-9-16-7-5-4-6-8-16)15-17-11-13-22(14-12-17)20(24)25/h4-8,10,17H,9,11-15H2,1-3H3,(H,24,25). The number of rotatable bonds is 5. The van der Waals surface area contributed by atoms with Crippen molar-refractivity contribution in [2.75, 3.05) is 13.1 Å². The lowest BCUT2D eigenvalue weighted by Gasteiger charge is -2.30. The number of hydrogen-bond acceptors (Lipinski definition) is 3. The molecule has 26 heavy (non-hydrogen) atoms. The van der Waals surface area contributed by atoms with Crippen LogP contribution in [0.25, 0.3) is 0 Å². The molecule has 1 heterocycles. The van der Waals surface area contributed by atoms with E-state index in [0.717, 1.165) is 18.4 Å². The Morgan fingerprint density at radius 2 is 1.81 bits per heavy atom. The first-order chi connectivity index (χ1) is 12.2. The molecule has 1 aromatic rings. The lowest BCUT2D eigenvalue weighted by molar-refractivity contribution is -0.150. The third-order valence-electron chi connectivity index (χ3n) is 4.48. The van der Waals surface area contributed by atoms with Crippen LogP contribution < -0.4 is 0 Å². The largest absolute Gasteiger partial charge is 0.465 e. The number of carbonyl (C=O) groups excluding carboxylic acids is 1. The van der Waals surface area contributed by atoms with Crippen molar-refractivity contribution in [3.8, 4) is 0 Å². The van der Waals surface area contributed by atoms with Gasteiger partial charge in [0.05, 0.1) is 0 Å². The number of amides is 1. The van der Waals surface area contributed by atoms with E-state index in [4.69, 9.17) is 9.84 Å². The number of esters is 1. The Hall–Kier alpha value is -2.30. The van der Waals surface area contributed by atoms with Gasteiger partial charge in [-0.2, -0.15) is 0 Å². The zero-order valence-electron chi connectivity index (χ0n) is 15.9. The normalized spacial score (nSPS) is 16.4. The SMILES string of the molecule is CC(C)(C)OC(=O)C(=CCc1ccccc1)CC1CCN(C(=O)O)CC1. The van der Waals surface area contributed by atoms with Crippen LogP contribution in [-0.4, -0.2) is 40.8 Å². The third kappa shape index (κ3) is 6.54. The zero-order valence-corrected chi connectivity index (χ0v) is 15.9. The second kappa shape index (κ2) is 8.88. The highest BCUT2D eigenvalue weighted by Gasteiger charge is 2.26. The number of hydrogen-bond donors (Lipinski definition) is 1. The summed E-state index contributed by atoms with van der Waals surface area (Å²) < 4.78 is 5.58. The van der Waals surface area contributed by atoms with E-state index in [9.17, 15) is 9.59 Å². The van der Waals surface area contributed by atoms with Crippen molar-refractivity contribution in [3.05, 3.63) is 47.5 Å². The lowest BCUT2D eigenvalue weighted by Crippen LogP contribution is -2.37. The maximum absolute atomic E-state index is 12.6. The zero-order chi connectivity index (χ0) is 19.2. The Bertz CT molecular complexity index is 638. The van der Waals surface area contributed by atoms with Crippen LogP contribution in [0.15, 0.2) is 42.0 Å². The van der Waals surface area contributed by atoms with Gasteiger partial charge >= 0.3 is 12.1 Å². The summed E-state index contributed by atoms with van der Waals surface area (Å²) in [5.41, 5.74) is 1.31. The summed E-state index contributed by atoms with van der Waals surface area (Å²) >= 11 is 0. The molecule has 1 saturated heterocycles.